The first kappa shape index (κ1) is 7.60. The number of hydrogen-bond donors (Lipinski definition) is 0. The number of hydrogen-bond acceptors (Lipinski definition) is 2. The first-order chi connectivity index (χ1) is 4.75. The molecular weight excluding hydrogens is 199 g/mol. The number of alkyl halides is 1. The smallest absolute Gasteiger partial charge is 0.132 e. The van der Waals surface area contributed by atoms with Gasteiger partial charge in [0.2, 0.25) is 0 Å². The third kappa shape index (κ3) is 1.31. The molecule has 0 atom stereocenters. The van der Waals surface area contributed by atoms with Crippen LogP contribution < -0.4 is 0 Å². The molecule has 0 aliphatic heterocycles. The fourth-order valence-corrected chi connectivity index (χ4v) is 0.917. The molecule has 0 saturated heterocycles. The molecule has 0 aromatic carbocycles. The van der Waals surface area contributed by atoms with Crippen LogP contribution >= 0.6 is 15.9 Å². The van der Waals surface area contributed by atoms with E-state index in [0.717, 1.165) is 5.56 Å². The standard InChI is InChI=1S/C6H6BrFN2/c1-4-5(2-8)9-3-10-6(4)7/h3H,2H2,1H3. The van der Waals surface area contributed by atoms with E-state index in [9.17, 15) is 4.39 Å². The van der Waals surface area contributed by atoms with Crippen molar-refractivity contribution >= 4 is 15.9 Å². The van der Waals surface area contributed by atoms with Gasteiger partial charge in [0.25, 0.3) is 0 Å². The average Bonchev–Trinajstić information content (AvgIpc) is 1.95. The molecule has 4 heteroatoms. The Morgan fingerprint density at radius 1 is 1.60 bits per heavy atom. The van der Waals surface area contributed by atoms with E-state index in [1.165, 1.54) is 6.33 Å². The van der Waals surface area contributed by atoms with Gasteiger partial charge in [0.05, 0.1) is 5.69 Å². The van der Waals surface area contributed by atoms with Crippen molar-refractivity contribution in [3.63, 3.8) is 0 Å². The average molecular weight is 205 g/mol. The van der Waals surface area contributed by atoms with Crippen LogP contribution in [0.2, 0.25) is 0 Å². The molecule has 0 bridgehead atoms. The van der Waals surface area contributed by atoms with E-state index in [2.05, 4.69) is 25.9 Å². The Labute approximate surface area is 66.6 Å². The molecule has 0 unspecified atom stereocenters. The molecular formula is C6H6BrFN2. The quantitative estimate of drug-likeness (QED) is 0.655. The second-order valence-corrected chi connectivity index (χ2v) is 2.62. The van der Waals surface area contributed by atoms with Crippen molar-refractivity contribution in [3.8, 4) is 0 Å². The third-order valence-electron chi connectivity index (χ3n) is 1.25. The van der Waals surface area contributed by atoms with Gasteiger partial charge in [0, 0.05) is 5.56 Å². The van der Waals surface area contributed by atoms with Gasteiger partial charge in [-0.1, -0.05) is 0 Å². The molecule has 0 N–H and O–H groups in total. The maximum absolute atomic E-state index is 12.1. The van der Waals surface area contributed by atoms with Crippen molar-refractivity contribution in [1.82, 2.24) is 9.97 Å². The summed E-state index contributed by atoms with van der Waals surface area (Å²) in [5.74, 6) is 0. The van der Waals surface area contributed by atoms with Crippen LogP contribution in [0.3, 0.4) is 0 Å². The summed E-state index contributed by atoms with van der Waals surface area (Å²) in [6.07, 6.45) is 1.34. The summed E-state index contributed by atoms with van der Waals surface area (Å²) in [5, 5.41) is 0. The molecule has 0 aliphatic carbocycles. The molecule has 0 aliphatic rings. The number of aromatic nitrogens is 2. The van der Waals surface area contributed by atoms with Gasteiger partial charge in [-0.05, 0) is 22.9 Å². The Kier molecular flexibility index (Phi) is 2.32. The maximum atomic E-state index is 12.1. The minimum atomic E-state index is -0.535. The molecule has 1 heterocycles. The van der Waals surface area contributed by atoms with E-state index in [-0.39, 0.29) is 0 Å². The summed E-state index contributed by atoms with van der Waals surface area (Å²) >= 11 is 3.17. The lowest BCUT2D eigenvalue weighted by Gasteiger charge is -1.99. The Morgan fingerprint density at radius 3 is 2.80 bits per heavy atom. The van der Waals surface area contributed by atoms with Gasteiger partial charge in [0.1, 0.15) is 17.6 Å². The fraction of sp³-hybridized carbons (Fsp3) is 0.333. The molecule has 0 amide bonds. The number of halogens is 2. The van der Waals surface area contributed by atoms with Crippen LogP contribution in [0.5, 0.6) is 0 Å². The number of nitrogens with zero attached hydrogens (tertiary/aromatic N) is 2. The lowest BCUT2D eigenvalue weighted by Crippen LogP contribution is -1.93. The van der Waals surface area contributed by atoms with Gasteiger partial charge >= 0.3 is 0 Å². The summed E-state index contributed by atoms with van der Waals surface area (Å²) in [5.41, 5.74) is 1.21. The molecule has 0 fully saturated rings. The molecule has 2 nitrogen and oxygen atoms in total. The Hall–Kier alpha value is -0.510. The van der Waals surface area contributed by atoms with Crippen molar-refractivity contribution < 1.29 is 4.39 Å². The van der Waals surface area contributed by atoms with Crippen molar-refractivity contribution in [2.24, 2.45) is 0 Å². The predicted octanol–water partition coefficient (Wildman–Crippen LogP) is 2.02. The van der Waals surface area contributed by atoms with Gasteiger partial charge in [-0.3, -0.25) is 0 Å². The van der Waals surface area contributed by atoms with Gasteiger partial charge in [-0.15, -0.1) is 0 Å². The van der Waals surface area contributed by atoms with Crippen LogP contribution in [-0.4, -0.2) is 9.97 Å². The largest absolute Gasteiger partial charge is 0.244 e. The van der Waals surface area contributed by atoms with Gasteiger partial charge in [-0.25, -0.2) is 14.4 Å². The summed E-state index contributed by atoms with van der Waals surface area (Å²) < 4.78 is 12.7. The summed E-state index contributed by atoms with van der Waals surface area (Å²) in [4.78, 5) is 7.57. The highest BCUT2D eigenvalue weighted by Crippen LogP contribution is 2.14. The molecule has 10 heavy (non-hydrogen) atoms. The second kappa shape index (κ2) is 3.05. The van der Waals surface area contributed by atoms with Crippen LogP contribution in [0, 0.1) is 6.92 Å². The van der Waals surface area contributed by atoms with Crippen molar-refractivity contribution in [2.75, 3.05) is 0 Å². The summed E-state index contributed by atoms with van der Waals surface area (Å²) in [6.45, 7) is 1.24. The first-order valence-electron chi connectivity index (χ1n) is 2.77. The van der Waals surface area contributed by atoms with E-state index in [1.54, 1.807) is 6.92 Å². The number of rotatable bonds is 1. The van der Waals surface area contributed by atoms with Crippen molar-refractivity contribution in [3.05, 3.63) is 22.2 Å². The van der Waals surface area contributed by atoms with Gasteiger partial charge < -0.3 is 0 Å². The molecule has 0 spiro atoms. The molecule has 1 aromatic rings. The zero-order chi connectivity index (χ0) is 7.56. The molecule has 1 aromatic heterocycles. The minimum Gasteiger partial charge on any atom is -0.244 e. The fourth-order valence-electron chi connectivity index (χ4n) is 0.597. The highest BCUT2D eigenvalue weighted by Gasteiger charge is 2.02. The van der Waals surface area contributed by atoms with Crippen LogP contribution in [-0.2, 0) is 6.67 Å². The Balaban J connectivity index is 3.14. The van der Waals surface area contributed by atoms with Gasteiger partial charge in [0.15, 0.2) is 0 Å². The van der Waals surface area contributed by atoms with Crippen LogP contribution in [0.25, 0.3) is 0 Å². The highest BCUT2D eigenvalue weighted by atomic mass is 79.9. The van der Waals surface area contributed by atoms with E-state index >= 15 is 0 Å². The topological polar surface area (TPSA) is 25.8 Å². The highest BCUT2D eigenvalue weighted by molar-refractivity contribution is 9.10. The van der Waals surface area contributed by atoms with E-state index in [0.29, 0.717) is 10.3 Å². The zero-order valence-corrected chi connectivity index (χ0v) is 7.02. The zero-order valence-electron chi connectivity index (χ0n) is 5.43. The van der Waals surface area contributed by atoms with Crippen molar-refractivity contribution in [1.29, 1.82) is 0 Å². The predicted molar refractivity (Wildman–Crippen MR) is 39.3 cm³/mol. The molecule has 54 valence electrons. The van der Waals surface area contributed by atoms with E-state index in [4.69, 9.17) is 0 Å². The first-order valence-corrected chi connectivity index (χ1v) is 3.57. The van der Waals surface area contributed by atoms with Crippen LogP contribution in [0.4, 0.5) is 4.39 Å². The van der Waals surface area contributed by atoms with Gasteiger partial charge in [-0.2, -0.15) is 0 Å². The van der Waals surface area contributed by atoms with E-state index in [1.807, 2.05) is 0 Å². The summed E-state index contributed by atoms with van der Waals surface area (Å²) in [6, 6.07) is 0. The summed E-state index contributed by atoms with van der Waals surface area (Å²) in [7, 11) is 0. The Morgan fingerprint density at radius 2 is 2.30 bits per heavy atom. The molecule has 1 rings (SSSR count). The lowest BCUT2D eigenvalue weighted by atomic mass is 10.3. The second-order valence-electron chi connectivity index (χ2n) is 1.87. The monoisotopic (exact) mass is 204 g/mol. The third-order valence-corrected chi connectivity index (χ3v) is 2.05. The Bertz CT molecular complexity index is 239. The molecule has 0 radical (unpaired) electrons. The van der Waals surface area contributed by atoms with E-state index < -0.39 is 6.67 Å². The maximum Gasteiger partial charge on any atom is 0.132 e. The SMILES string of the molecule is Cc1c(Br)ncnc1CF. The molecule has 0 saturated carbocycles. The van der Waals surface area contributed by atoms with Crippen LogP contribution in [0.1, 0.15) is 11.3 Å². The minimum absolute atomic E-state index is 0.446. The normalized spacial score (nSPS) is 9.90. The lowest BCUT2D eigenvalue weighted by molar-refractivity contribution is 0.473. The van der Waals surface area contributed by atoms with Crippen molar-refractivity contribution in [2.45, 2.75) is 13.6 Å². The van der Waals surface area contributed by atoms with Crippen LogP contribution in [0.15, 0.2) is 10.9 Å².